The molecule has 250 valence electrons. The first kappa shape index (κ1) is 40.0. The fourth-order valence-electron chi connectivity index (χ4n) is 8.87. The fourth-order valence-corrected chi connectivity index (χ4v) is 8.87. The van der Waals surface area contributed by atoms with E-state index in [9.17, 15) is 14.4 Å². The van der Waals surface area contributed by atoms with Crippen LogP contribution in [0.25, 0.3) is 0 Å². The molecule has 1 aliphatic rings. The summed E-state index contributed by atoms with van der Waals surface area (Å²) in [5.74, 6) is 1.01. The monoisotopic (exact) mass is 603 g/mol. The van der Waals surface area contributed by atoms with Crippen LogP contribution in [0.5, 0.6) is 0 Å². The van der Waals surface area contributed by atoms with Crippen LogP contribution in [0.15, 0.2) is 0 Å². The number of Topliss-reactive ketones (excluding diaryl/α,β-unsaturated/α-hetero) is 2. The number of nitrogens with one attached hydrogen (secondary N) is 1. The lowest BCUT2D eigenvalue weighted by atomic mass is 9.55. The number of ketones is 2. The summed E-state index contributed by atoms with van der Waals surface area (Å²) in [4.78, 5) is 43.7. The molecule has 0 amide bonds. The van der Waals surface area contributed by atoms with E-state index in [1.807, 2.05) is 13.8 Å². The molecule has 0 bridgehead atoms. The standard InChI is InChI=1S/C37H71BN2O3/c1-17-28(18-2)30(42)29-23-32(8,9)22-26(6)24-40(34(12,13)25-33(29,10)11)37(16,21-5)35(14,19-3)31(43)38-39-36(15,20-4)27(7)41/h26,28-29,38-39H,17-25H2,1-16H3. The lowest BCUT2D eigenvalue weighted by molar-refractivity contribution is -0.145. The first-order valence-corrected chi connectivity index (χ1v) is 17.6. The van der Waals surface area contributed by atoms with Crippen molar-refractivity contribution in [2.24, 2.45) is 34.0 Å². The van der Waals surface area contributed by atoms with Gasteiger partial charge in [0, 0.05) is 34.9 Å². The molecule has 0 saturated carbocycles. The molecule has 1 heterocycles. The fraction of sp³-hybridized carbons (Fsp3) is 0.919. The summed E-state index contributed by atoms with van der Waals surface area (Å²) in [6.45, 7) is 36.0. The predicted octanol–water partition coefficient (Wildman–Crippen LogP) is 8.37. The highest BCUT2D eigenvalue weighted by Crippen LogP contribution is 2.52. The van der Waals surface area contributed by atoms with Gasteiger partial charge in [0.25, 0.3) is 7.41 Å². The Morgan fingerprint density at radius 3 is 1.84 bits per heavy atom. The van der Waals surface area contributed by atoms with Gasteiger partial charge in [-0.05, 0) is 103 Å². The van der Waals surface area contributed by atoms with Gasteiger partial charge in [-0.3, -0.25) is 14.5 Å². The summed E-state index contributed by atoms with van der Waals surface area (Å²) >= 11 is 0. The topological polar surface area (TPSA) is 66.5 Å². The quantitative estimate of drug-likeness (QED) is 0.202. The number of hydrogen-bond donors (Lipinski definition) is 1. The molecule has 6 heteroatoms. The minimum absolute atomic E-state index is 0.00611. The van der Waals surface area contributed by atoms with E-state index in [4.69, 9.17) is 0 Å². The summed E-state index contributed by atoms with van der Waals surface area (Å²) in [6.07, 6.45) is 6.81. The lowest BCUT2D eigenvalue weighted by Crippen LogP contribution is -2.68. The Morgan fingerprint density at radius 1 is 0.884 bits per heavy atom. The van der Waals surface area contributed by atoms with Crippen LogP contribution in [-0.4, -0.2) is 52.7 Å². The zero-order chi connectivity index (χ0) is 33.8. The maximum absolute atomic E-state index is 14.4. The highest BCUT2D eigenvalue weighted by atomic mass is 16.1. The molecule has 43 heavy (non-hydrogen) atoms. The molecule has 1 saturated heterocycles. The average molecular weight is 603 g/mol. The van der Waals surface area contributed by atoms with Crippen molar-refractivity contribution in [1.82, 2.24) is 10.1 Å². The van der Waals surface area contributed by atoms with Crippen LogP contribution in [-0.2, 0) is 14.4 Å². The van der Waals surface area contributed by atoms with Crippen LogP contribution in [0.4, 0.5) is 0 Å². The van der Waals surface area contributed by atoms with Gasteiger partial charge in [-0.15, -0.1) is 0 Å². The van der Waals surface area contributed by atoms with Gasteiger partial charge in [-0.1, -0.05) is 76.2 Å². The number of carbonyl (C=O) groups is 3. The van der Waals surface area contributed by atoms with Crippen LogP contribution >= 0.6 is 0 Å². The summed E-state index contributed by atoms with van der Waals surface area (Å²) in [5.41, 5.74) is -2.02. The van der Waals surface area contributed by atoms with Gasteiger partial charge in [0.15, 0.2) is 0 Å². The largest absolute Gasteiger partial charge is 0.341 e. The Bertz CT molecular complexity index is 971. The average Bonchev–Trinajstić information content (AvgIpc) is 2.91. The van der Waals surface area contributed by atoms with E-state index in [0.717, 1.165) is 45.1 Å². The minimum atomic E-state index is -0.705. The van der Waals surface area contributed by atoms with Crippen LogP contribution in [0, 0.1) is 34.0 Å². The zero-order valence-electron chi connectivity index (χ0n) is 31.5. The van der Waals surface area contributed by atoms with Crippen LogP contribution in [0.3, 0.4) is 0 Å². The van der Waals surface area contributed by atoms with Gasteiger partial charge in [0.1, 0.15) is 17.2 Å². The molecule has 1 aliphatic heterocycles. The molecular weight excluding hydrogens is 531 g/mol. The molecule has 5 atom stereocenters. The molecule has 5 unspecified atom stereocenters. The number of carbonyl (C=O) groups excluding carboxylic acids is 3. The van der Waals surface area contributed by atoms with Crippen LogP contribution < -0.4 is 5.23 Å². The van der Waals surface area contributed by atoms with Crippen LogP contribution in [0.2, 0.25) is 0 Å². The van der Waals surface area contributed by atoms with Crippen molar-refractivity contribution in [3.8, 4) is 0 Å². The third-order valence-corrected chi connectivity index (χ3v) is 12.4. The minimum Gasteiger partial charge on any atom is -0.341 e. The summed E-state index contributed by atoms with van der Waals surface area (Å²) < 4.78 is 0. The van der Waals surface area contributed by atoms with E-state index < -0.39 is 16.5 Å². The highest BCUT2D eigenvalue weighted by molar-refractivity contribution is 6.73. The third-order valence-electron chi connectivity index (χ3n) is 12.4. The smallest absolute Gasteiger partial charge is 0.284 e. The zero-order valence-corrected chi connectivity index (χ0v) is 31.5. The molecule has 1 fully saturated rings. The second-order valence-electron chi connectivity index (χ2n) is 17.1. The normalized spacial score (nSPS) is 26.9. The molecule has 0 aromatic rings. The van der Waals surface area contributed by atoms with Crippen molar-refractivity contribution < 1.29 is 14.4 Å². The van der Waals surface area contributed by atoms with Crippen molar-refractivity contribution in [2.45, 2.75) is 179 Å². The highest BCUT2D eigenvalue weighted by Gasteiger charge is 2.56. The Hall–Kier alpha value is -1.01. The van der Waals surface area contributed by atoms with Gasteiger partial charge in [-0.25, -0.2) is 0 Å². The molecular formula is C37H71BN2O3. The first-order valence-electron chi connectivity index (χ1n) is 17.6. The predicted molar refractivity (Wildman–Crippen MR) is 186 cm³/mol. The van der Waals surface area contributed by atoms with Crippen molar-refractivity contribution >= 4 is 24.7 Å². The lowest BCUT2D eigenvalue weighted by Gasteiger charge is -2.60. The molecule has 5 nitrogen and oxygen atoms in total. The third kappa shape index (κ3) is 8.63. The van der Waals surface area contributed by atoms with Gasteiger partial charge in [-0.2, -0.15) is 0 Å². The van der Waals surface area contributed by atoms with Gasteiger partial charge >= 0.3 is 0 Å². The summed E-state index contributed by atoms with van der Waals surface area (Å²) in [5, 5.41) is 3.36. The van der Waals surface area contributed by atoms with Gasteiger partial charge in [0.2, 0.25) is 0 Å². The molecule has 0 radical (unpaired) electrons. The Morgan fingerprint density at radius 2 is 1.42 bits per heavy atom. The van der Waals surface area contributed by atoms with E-state index in [-0.39, 0.29) is 47.1 Å². The van der Waals surface area contributed by atoms with Crippen molar-refractivity contribution in [2.75, 3.05) is 6.54 Å². The molecule has 0 aromatic carbocycles. The Balaban J connectivity index is 3.76. The molecule has 0 aromatic heterocycles. The maximum atomic E-state index is 14.4. The SMILES string of the molecule is CCC(CC)C(=O)C1CC(C)(C)CC(C)CN(C(C)(CC)C(C)(CC)C(=O)BNC(C)(CC)C(C)=O)C(C)(C)CC1(C)C. The Labute approximate surface area is 268 Å². The summed E-state index contributed by atoms with van der Waals surface area (Å²) in [7, 11) is 0.179. The summed E-state index contributed by atoms with van der Waals surface area (Å²) in [6, 6.07) is 0. The van der Waals surface area contributed by atoms with Crippen molar-refractivity contribution in [3.05, 3.63) is 0 Å². The molecule has 0 aliphatic carbocycles. The number of hydrogen-bond acceptors (Lipinski definition) is 5. The van der Waals surface area contributed by atoms with E-state index in [1.54, 1.807) is 6.92 Å². The van der Waals surface area contributed by atoms with E-state index in [0.29, 0.717) is 24.5 Å². The van der Waals surface area contributed by atoms with E-state index >= 15 is 0 Å². The van der Waals surface area contributed by atoms with Crippen molar-refractivity contribution in [1.29, 1.82) is 0 Å². The second kappa shape index (κ2) is 14.6. The van der Waals surface area contributed by atoms with E-state index in [1.165, 1.54) is 0 Å². The number of rotatable bonds is 14. The maximum Gasteiger partial charge on any atom is 0.284 e. The van der Waals surface area contributed by atoms with E-state index in [2.05, 4.69) is 100 Å². The molecule has 0 spiro atoms. The van der Waals surface area contributed by atoms with Crippen molar-refractivity contribution in [3.63, 3.8) is 0 Å². The second-order valence-corrected chi connectivity index (χ2v) is 17.1. The first-order chi connectivity index (χ1) is 19.5. The Kier molecular flexibility index (Phi) is 13.6. The van der Waals surface area contributed by atoms with Gasteiger partial charge < -0.3 is 10.0 Å². The molecule has 1 N–H and O–H groups in total. The van der Waals surface area contributed by atoms with Gasteiger partial charge in [0.05, 0.1) is 5.54 Å². The number of nitrogens with zero attached hydrogens (tertiary/aromatic N) is 1. The van der Waals surface area contributed by atoms with Crippen LogP contribution in [0.1, 0.15) is 162 Å². The molecule has 1 rings (SSSR count).